The van der Waals surface area contributed by atoms with Crippen LogP contribution in [0, 0.1) is 11.3 Å². The van der Waals surface area contributed by atoms with Crippen molar-refractivity contribution in [3.63, 3.8) is 0 Å². The summed E-state index contributed by atoms with van der Waals surface area (Å²) in [6.07, 6.45) is -0.217. The van der Waals surface area contributed by atoms with E-state index in [1.54, 1.807) is 37.5 Å². The summed E-state index contributed by atoms with van der Waals surface area (Å²) in [7, 11) is 1.70. The molecule has 3 atom stereocenters. The number of amides is 1. The lowest BCUT2D eigenvalue weighted by Crippen LogP contribution is -2.51. The van der Waals surface area contributed by atoms with E-state index in [1.807, 2.05) is 30.3 Å². The van der Waals surface area contributed by atoms with Crippen LogP contribution in [0.1, 0.15) is 18.9 Å². The Hall–Kier alpha value is -5.15. The van der Waals surface area contributed by atoms with Gasteiger partial charge in [0.05, 0.1) is 12.1 Å². The fourth-order valence-corrected chi connectivity index (χ4v) is 4.60. The molecule has 12 heteroatoms. The van der Waals surface area contributed by atoms with Crippen molar-refractivity contribution in [2.24, 2.45) is 7.05 Å². The maximum atomic E-state index is 14.8. The quantitative estimate of drug-likeness (QED) is 0.342. The molecule has 1 saturated heterocycles. The van der Waals surface area contributed by atoms with Crippen LogP contribution in [0.5, 0.6) is 5.75 Å². The molecule has 5 rings (SSSR count). The van der Waals surface area contributed by atoms with Crippen molar-refractivity contribution in [3.05, 3.63) is 83.0 Å². The van der Waals surface area contributed by atoms with Crippen LogP contribution in [-0.4, -0.2) is 66.9 Å². The number of nitrogens with zero attached hydrogens (tertiary/aromatic N) is 6. The number of hydrogen-bond acceptors (Lipinski definition) is 9. The predicted octanol–water partition coefficient (Wildman–Crippen LogP) is 3.22. The average Bonchev–Trinajstić information content (AvgIpc) is 3.00. The summed E-state index contributed by atoms with van der Waals surface area (Å²) in [4.78, 5) is 38.1. The number of carbonyl (C=O) groups excluding carboxylic acids is 1. The molecule has 1 fully saturated rings. The van der Waals surface area contributed by atoms with E-state index in [-0.39, 0.29) is 36.4 Å². The van der Waals surface area contributed by atoms with Crippen LogP contribution in [0.15, 0.2) is 71.9 Å². The number of likely N-dealkylation sites (tertiary alicyclic amines) is 1. The number of carbonyl (C=O) groups is 1. The van der Waals surface area contributed by atoms with Crippen molar-refractivity contribution in [2.45, 2.75) is 31.7 Å². The highest BCUT2D eigenvalue weighted by molar-refractivity contribution is 5.80. The minimum atomic E-state index is -1.47. The number of nitrogens with one attached hydrogen (secondary N) is 1. The normalized spacial score (nSPS) is 17.3. The number of piperidine rings is 1. The Morgan fingerprint density at radius 1 is 1.14 bits per heavy atom. The molecule has 1 amide bonds. The first kappa shape index (κ1) is 28.4. The number of rotatable bonds is 7. The van der Waals surface area contributed by atoms with E-state index in [2.05, 4.69) is 26.3 Å². The number of aliphatic hydroxyl groups is 1. The number of aryl methyl sites for hydroxylation is 1. The monoisotopic (exact) mass is 569 g/mol. The molecule has 2 aromatic heterocycles. The molecule has 3 heterocycles. The molecule has 1 aliphatic heterocycles. The highest BCUT2D eigenvalue weighted by Gasteiger charge is 2.34. The van der Waals surface area contributed by atoms with Gasteiger partial charge in [-0.05, 0) is 54.4 Å². The van der Waals surface area contributed by atoms with Crippen molar-refractivity contribution in [1.29, 1.82) is 5.26 Å². The van der Waals surface area contributed by atoms with Gasteiger partial charge >= 0.3 is 0 Å². The molecule has 42 heavy (non-hydrogen) atoms. The van der Waals surface area contributed by atoms with Gasteiger partial charge in [-0.1, -0.05) is 12.1 Å². The van der Waals surface area contributed by atoms with E-state index < -0.39 is 24.3 Å². The lowest BCUT2D eigenvalue weighted by atomic mass is 10.0. The number of aromatic nitrogens is 4. The van der Waals surface area contributed by atoms with Crippen LogP contribution in [0.4, 0.5) is 16.0 Å². The smallest absolute Gasteiger partial charge is 0.251 e. The van der Waals surface area contributed by atoms with Crippen LogP contribution in [0.3, 0.4) is 0 Å². The molecular formula is C30H28FN7O4. The van der Waals surface area contributed by atoms with Gasteiger partial charge < -0.3 is 24.6 Å². The summed E-state index contributed by atoms with van der Waals surface area (Å²) in [6.45, 7) is 1.40. The zero-order valence-electron chi connectivity index (χ0n) is 22.9. The van der Waals surface area contributed by atoms with Gasteiger partial charge in [-0.25, -0.2) is 14.4 Å². The lowest BCUT2D eigenvalue weighted by Gasteiger charge is -2.35. The standard InChI is InChI=1S/C30H28FN7O4/c1-18(39)29(41)38-12-10-26(24(31)16-38)42-25-8-5-21(13-22(25)15-32)28-33-17-34-30(36-28)35-23-6-3-19(4-7-23)20-9-11-37(2)27(40)14-20/h3-9,11,13-14,17-18,24,26,39H,10,12,16H2,1-2H3,(H,33,34,35,36)/t18-,24-,26-/m0/s1. The van der Waals surface area contributed by atoms with Crippen LogP contribution >= 0.6 is 0 Å². The third-order valence-electron chi connectivity index (χ3n) is 6.94. The second-order valence-corrected chi connectivity index (χ2v) is 9.94. The van der Waals surface area contributed by atoms with Gasteiger partial charge in [0.1, 0.15) is 30.4 Å². The SMILES string of the molecule is C[C@H](O)C(=O)N1CC[C@H](Oc2ccc(-c3ncnc(Nc4ccc(-c5ccn(C)c(=O)c5)cc4)n3)cc2C#N)[C@@H](F)C1. The van der Waals surface area contributed by atoms with Crippen molar-refractivity contribution >= 4 is 17.5 Å². The number of benzene rings is 2. The maximum Gasteiger partial charge on any atom is 0.251 e. The van der Waals surface area contributed by atoms with Gasteiger partial charge in [0.2, 0.25) is 5.95 Å². The third kappa shape index (κ3) is 6.26. The number of halogens is 1. The molecule has 0 bridgehead atoms. The number of hydrogen-bond donors (Lipinski definition) is 2. The highest BCUT2D eigenvalue weighted by Crippen LogP contribution is 2.29. The summed E-state index contributed by atoms with van der Waals surface area (Å²) >= 11 is 0. The number of nitriles is 1. The number of pyridine rings is 1. The van der Waals surface area contributed by atoms with Crippen molar-refractivity contribution < 1.29 is 19.0 Å². The maximum absolute atomic E-state index is 14.8. The lowest BCUT2D eigenvalue weighted by molar-refractivity contribution is -0.143. The van der Waals surface area contributed by atoms with E-state index in [1.165, 1.54) is 22.7 Å². The molecule has 214 valence electrons. The Bertz CT molecular complexity index is 1700. The second-order valence-electron chi connectivity index (χ2n) is 9.94. The zero-order chi connectivity index (χ0) is 29.8. The molecule has 0 saturated carbocycles. The third-order valence-corrected chi connectivity index (χ3v) is 6.94. The van der Waals surface area contributed by atoms with Gasteiger partial charge in [-0.15, -0.1) is 0 Å². The van der Waals surface area contributed by atoms with Crippen molar-refractivity contribution in [2.75, 3.05) is 18.4 Å². The fraction of sp³-hybridized carbons (Fsp3) is 0.267. The number of anilines is 2. The Balaban J connectivity index is 1.27. The van der Waals surface area contributed by atoms with Crippen molar-refractivity contribution in [1.82, 2.24) is 24.4 Å². The molecule has 0 radical (unpaired) electrons. The van der Waals surface area contributed by atoms with E-state index in [4.69, 9.17) is 4.74 Å². The molecular weight excluding hydrogens is 541 g/mol. The van der Waals surface area contributed by atoms with E-state index in [0.717, 1.165) is 16.8 Å². The number of alkyl halides is 1. The first-order chi connectivity index (χ1) is 20.2. The van der Waals surface area contributed by atoms with Gasteiger partial charge in [-0.2, -0.15) is 10.2 Å². The molecule has 0 spiro atoms. The first-order valence-corrected chi connectivity index (χ1v) is 13.3. The van der Waals surface area contributed by atoms with Crippen LogP contribution in [0.25, 0.3) is 22.5 Å². The number of ether oxygens (including phenoxy) is 1. The van der Waals surface area contributed by atoms with Crippen LogP contribution in [-0.2, 0) is 11.8 Å². The second kappa shape index (κ2) is 12.2. The van der Waals surface area contributed by atoms with Crippen molar-refractivity contribution in [3.8, 4) is 34.3 Å². The van der Waals surface area contributed by atoms with Gasteiger partial charge in [-0.3, -0.25) is 9.59 Å². The van der Waals surface area contributed by atoms with Crippen LogP contribution < -0.4 is 15.6 Å². The van der Waals surface area contributed by atoms with Gasteiger partial charge in [0, 0.05) is 43.5 Å². The molecule has 1 aliphatic rings. The zero-order valence-corrected chi connectivity index (χ0v) is 22.9. The fourth-order valence-electron chi connectivity index (χ4n) is 4.60. The summed E-state index contributed by atoms with van der Waals surface area (Å²) in [5, 5.41) is 22.4. The Morgan fingerprint density at radius 2 is 1.90 bits per heavy atom. The highest BCUT2D eigenvalue weighted by atomic mass is 19.1. The first-order valence-electron chi connectivity index (χ1n) is 13.3. The molecule has 0 aliphatic carbocycles. The molecule has 4 aromatic rings. The number of aliphatic hydroxyl groups excluding tert-OH is 1. The van der Waals surface area contributed by atoms with E-state index in [9.17, 15) is 24.3 Å². The molecule has 2 N–H and O–H groups in total. The molecule has 2 aromatic carbocycles. The minimum Gasteiger partial charge on any atom is -0.486 e. The Labute approximate surface area is 240 Å². The minimum absolute atomic E-state index is 0.0925. The Morgan fingerprint density at radius 3 is 2.60 bits per heavy atom. The topological polar surface area (TPSA) is 146 Å². The van der Waals surface area contributed by atoms with Gasteiger partial charge in [0.25, 0.3) is 11.5 Å². The predicted molar refractivity (Wildman–Crippen MR) is 153 cm³/mol. The van der Waals surface area contributed by atoms with Gasteiger partial charge in [0.15, 0.2) is 12.0 Å². The van der Waals surface area contributed by atoms with E-state index in [0.29, 0.717) is 17.3 Å². The molecule has 11 nitrogen and oxygen atoms in total. The average molecular weight is 570 g/mol. The summed E-state index contributed by atoms with van der Waals surface area (Å²) in [5.74, 6) is 0.300. The largest absolute Gasteiger partial charge is 0.486 e. The Kier molecular flexibility index (Phi) is 8.21. The molecule has 0 unspecified atom stereocenters. The van der Waals surface area contributed by atoms with E-state index >= 15 is 0 Å². The van der Waals surface area contributed by atoms with Crippen LogP contribution in [0.2, 0.25) is 0 Å². The summed E-state index contributed by atoms with van der Waals surface area (Å²) in [5.41, 5.74) is 3.06. The summed E-state index contributed by atoms with van der Waals surface area (Å²) < 4.78 is 22.2. The summed E-state index contributed by atoms with van der Waals surface area (Å²) in [6, 6.07) is 17.8.